The van der Waals surface area contributed by atoms with E-state index in [9.17, 15) is 0 Å². The van der Waals surface area contributed by atoms with Crippen LogP contribution in [0, 0.1) is 0 Å². The second kappa shape index (κ2) is 4.58. The van der Waals surface area contributed by atoms with Crippen LogP contribution in [0.1, 0.15) is 36.9 Å². The highest BCUT2D eigenvalue weighted by Gasteiger charge is 2.06. The Morgan fingerprint density at radius 2 is 2.42 bits per heavy atom. The number of nitrogens with two attached hydrogens (primary N) is 1. The summed E-state index contributed by atoms with van der Waals surface area (Å²) in [5.41, 5.74) is 6.67. The fourth-order valence-electron chi connectivity index (χ4n) is 0.999. The van der Waals surface area contributed by atoms with Crippen LogP contribution in [0.25, 0.3) is 0 Å². The fraction of sp³-hybridized carbons (Fsp3) is 0.667. The predicted octanol–water partition coefficient (Wildman–Crippen LogP) is 2.16. The van der Waals surface area contributed by atoms with Crippen molar-refractivity contribution in [2.75, 3.05) is 6.54 Å². The van der Waals surface area contributed by atoms with Gasteiger partial charge in [0.05, 0.1) is 10.7 Å². The van der Waals surface area contributed by atoms with Crippen LogP contribution in [-0.4, -0.2) is 11.5 Å². The quantitative estimate of drug-likeness (QED) is 0.778. The third kappa shape index (κ3) is 2.29. The van der Waals surface area contributed by atoms with Crippen molar-refractivity contribution in [2.45, 2.75) is 32.6 Å². The van der Waals surface area contributed by atoms with Crippen molar-refractivity contribution >= 4 is 11.3 Å². The molecule has 0 amide bonds. The van der Waals surface area contributed by atoms with Gasteiger partial charge in [-0.3, -0.25) is 0 Å². The average Bonchev–Trinajstić information content (AvgIpc) is 2.52. The molecule has 2 N–H and O–H groups in total. The molecule has 0 bridgehead atoms. The summed E-state index contributed by atoms with van der Waals surface area (Å²) in [5, 5.41) is 3.33. The van der Waals surface area contributed by atoms with Crippen LogP contribution in [0.2, 0.25) is 0 Å². The molecule has 0 fully saturated rings. The molecule has 0 aliphatic rings. The van der Waals surface area contributed by atoms with E-state index in [1.165, 1.54) is 10.7 Å². The highest BCUT2D eigenvalue weighted by Crippen LogP contribution is 2.20. The third-order valence-electron chi connectivity index (χ3n) is 2.04. The van der Waals surface area contributed by atoms with E-state index in [4.69, 9.17) is 5.73 Å². The molecule has 1 unspecified atom stereocenters. The van der Waals surface area contributed by atoms with Crippen molar-refractivity contribution in [2.24, 2.45) is 5.73 Å². The summed E-state index contributed by atoms with van der Waals surface area (Å²) in [5.74, 6) is 0.591. The summed E-state index contributed by atoms with van der Waals surface area (Å²) in [6.07, 6.45) is 2.08. The van der Waals surface area contributed by atoms with Gasteiger partial charge in [-0.15, -0.1) is 11.3 Å². The second-order valence-corrected chi connectivity index (χ2v) is 3.96. The monoisotopic (exact) mass is 184 g/mol. The molecule has 0 aliphatic carbocycles. The van der Waals surface area contributed by atoms with Crippen molar-refractivity contribution < 1.29 is 0 Å². The van der Waals surface area contributed by atoms with Crippen molar-refractivity contribution in [3.63, 3.8) is 0 Å². The minimum atomic E-state index is 0.591. The standard InChI is InChI=1S/C9H16N2S/c1-3-7(2)8-6-12-9(11-8)4-5-10/h6-7H,3-5,10H2,1-2H3. The molecule has 2 nitrogen and oxygen atoms in total. The minimum absolute atomic E-state index is 0.591. The lowest BCUT2D eigenvalue weighted by atomic mass is 10.1. The zero-order valence-corrected chi connectivity index (χ0v) is 8.53. The summed E-state index contributed by atoms with van der Waals surface area (Å²) in [6.45, 7) is 5.10. The Hall–Kier alpha value is -0.410. The van der Waals surface area contributed by atoms with E-state index < -0.39 is 0 Å². The van der Waals surface area contributed by atoms with Gasteiger partial charge in [-0.05, 0) is 18.9 Å². The summed E-state index contributed by atoms with van der Waals surface area (Å²) in [6, 6.07) is 0. The Balaban J connectivity index is 2.63. The summed E-state index contributed by atoms with van der Waals surface area (Å²) >= 11 is 1.73. The van der Waals surface area contributed by atoms with Crippen LogP contribution in [0.15, 0.2) is 5.38 Å². The molecule has 68 valence electrons. The van der Waals surface area contributed by atoms with Crippen molar-refractivity contribution in [1.29, 1.82) is 0 Å². The third-order valence-corrected chi connectivity index (χ3v) is 2.97. The van der Waals surface area contributed by atoms with Gasteiger partial charge in [-0.2, -0.15) is 0 Å². The van der Waals surface area contributed by atoms with Gasteiger partial charge >= 0.3 is 0 Å². The van der Waals surface area contributed by atoms with E-state index in [1.54, 1.807) is 11.3 Å². The maximum Gasteiger partial charge on any atom is 0.0940 e. The molecule has 1 heterocycles. The van der Waals surface area contributed by atoms with Crippen LogP contribution in [0.5, 0.6) is 0 Å². The molecule has 0 aliphatic heterocycles. The fourth-order valence-corrected chi connectivity index (χ4v) is 1.93. The van der Waals surface area contributed by atoms with Crippen LogP contribution >= 0.6 is 11.3 Å². The number of rotatable bonds is 4. The summed E-state index contributed by atoms with van der Waals surface area (Å²) in [4.78, 5) is 4.51. The lowest BCUT2D eigenvalue weighted by molar-refractivity contribution is 0.709. The first kappa shape index (κ1) is 9.68. The lowest BCUT2D eigenvalue weighted by Gasteiger charge is -2.02. The molecule has 0 spiro atoms. The molecule has 1 aromatic rings. The molecule has 1 aromatic heterocycles. The molecule has 1 rings (SSSR count). The molecular weight excluding hydrogens is 168 g/mol. The zero-order chi connectivity index (χ0) is 8.97. The highest BCUT2D eigenvalue weighted by atomic mass is 32.1. The van der Waals surface area contributed by atoms with Gasteiger partial charge in [0, 0.05) is 11.8 Å². The Bertz CT molecular complexity index is 232. The molecule has 0 saturated heterocycles. The van der Waals surface area contributed by atoms with Gasteiger partial charge in [-0.25, -0.2) is 4.98 Å². The second-order valence-electron chi connectivity index (χ2n) is 3.01. The topological polar surface area (TPSA) is 38.9 Å². The SMILES string of the molecule is CCC(C)c1csc(CCN)n1. The van der Waals surface area contributed by atoms with Crippen LogP contribution in [0.4, 0.5) is 0 Å². The lowest BCUT2D eigenvalue weighted by Crippen LogP contribution is -2.02. The summed E-state index contributed by atoms with van der Waals surface area (Å²) in [7, 11) is 0. The Kier molecular flexibility index (Phi) is 3.69. The maximum absolute atomic E-state index is 5.45. The molecular formula is C9H16N2S. The van der Waals surface area contributed by atoms with Crippen LogP contribution in [0.3, 0.4) is 0 Å². The van der Waals surface area contributed by atoms with Gasteiger partial charge in [0.25, 0.3) is 0 Å². The van der Waals surface area contributed by atoms with Gasteiger partial charge in [-0.1, -0.05) is 13.8 Å². The van der Waals surface area contributed by atoms with E-state index >= 15 is 0 Å². The van der Waals surface area contributed by atoms with E-state index in [-0.39, 0.29) is 0 Å². The van der Waals surface area contributed by atoms with Crippen LogP contribution < -0.4 is 5.73 Å². The molecule has 0 radical (unpaired) electrons. The van der Waals surface area contributed by atoms with Crippen molar-refractivity contribution in [1.82, 2.24) is 4.98 Å². The first-order valence-electron chi connectivity index (χ1n) is 4.42. The number of aromatic nitrogens is 1. The molecule has 1 atom stereocenters. The van der Waals surface area contributed by atoms with Crippen LogP contribution in [-0.2, 0) is 6.42 Å². The Morgan fingerprint density at radius 1 is 1.67 bits per heavy atom. The number of nitrogens with zero attached hydrogens (tertiary/aromatic N) is 1. The zero-order valence-electron chi connectivity index (χ0n) is 7.71. The van der Waals surface area contributed by atoms with E-state index in [0.717, 1.165) is 12.8 Å². The van der Waals surface area contributed by atoms with Crippen molar-refractivity contribution in [3.8, 4) is 0 Å². The number of hydrogen-bond donors (Lipinski definition) is 1. The van der Waals surface area contributed by atoms with E-state index in [2.05, 4.69) is 24.2 Å². The Morgan fingerprint density at radius 3 is 3.00 bits per heavy atom. The first-order valence-corrected chi connectivity index (χ1v) is 5.30. The van der Waals surface area contributed by atoms with E-state index in [1.807, 2.05) is 0 Å². The molecule has 0 aromatic carbocycles. The maximum atomic E-state index is 5.45. The molecule has 3 heteroatoms. The van der Waals surface area contributed by atoms with Gasteiger partial charge in [0.15, 0.2) is 0 Å². The predicted molar refractivity (Wildman–Crippen MR) is 53.6 cm³/mol. The molecule has 0 saturated carbocycles. The largest absolute Gasteiger partial charge is 0.330 e. The average molecular weight is 184 g/mol. The summed E-state index contributed by atoms with van der Waals surface area (Å²) < 4.78 is 0. The first-order chi connectivity index (χ1) is 5.77. The van der Waals surface area contributed by atoms with Gasteiger partial charge in [0.2, 0.25) is 0 Å². The minimum Gasteiger partial charge on any atom is -0.330 e. The van der Waals surface area contributed by atoms with Gasteiger partial charge < -0.3 is 5.73 Å². The van der Waals surface area contributed by atoms with Crippen molar-refractivity contribution in [3.05, 3.63) is 16.1 Å². The van der Waals surface area contributed by atoms with Gasteiger partial charge in [0.1, 0.15) is 0 Å². The molecule has 12 heavy (non-hydrogen) atoms. The smallest absolute Gasteiger partial charge is 0.0940 e. The normalized spacial score (nSPS) is 13.2. The Labute approximate surface area is 77.8 Å². The number of hydrogen-bond acceptors (Lipinski definition) is 3. The highest BCUT2D eigenvalue weighted by molar-refractivity contribution is 7.09. The van der Waals surface area contributed by atoms with E-state index in [0.29, 0.717) is 12.5 Å². The number of thiazole rings is 1.